The Labute approximate surface area is 139 Å². The maximum Gasteiger partial charge on any atom is 0.198 e. The van der Waals surface area contributed by atoms with Gasteiger partial charge in [-0.3, -0.25) is 4.99 Å². The Balaban J connectivity index is 2.14. The summed E-state index contributed by atoms with van der Waals surface area (Å²) in [5.41, 5.74) is 2.46. The highest BCUT2D eigenvalue weighted by molar-refractivity contribution is 7.92. The Hall–Kier alpha value is -1.56. The van der Waals surface area contributed by atoms with Gasteiger partial charge in [-0.15, -0.1) is 0 Å². The molecule has 23 heavy (non-hydrogen) atoms. The van der Waals surface area contributed by atoms with Crippen LogP contribution in [0, 0.1) is 0 Å². The Morgan fingerprint density at radius 3 is 2.65 bits per heavy atom. The summed E-state index contributed by atoms with van der Waals surface area (Å²) in [5.74, 6) is 0.836. The van der Waals surface area contributed by atoms with Crippen LogP contribution in [-0.2, 0) is 16.3 Å². The van der Waals surface area contributed by atoms with Crippen molar-refractivity contribution in [1.82, 2.24) is 5.32 Å². The van der Waals surface area contributed by atoms with Crippen molar-refractivity contribution in [2.24, 2.45) is 4.99 Å². The van der Waals surface area contributed by atoms with E-state index < -0.39 is 14.6 Å². The second-order valence-corrected chi connectivity index (χ2v) is 9.56. The van der Waals surface area contributed by atoms with E-state index in [1.165, 1.54) is 5.56 Å². The van der Waals surface area contributed by atoms with Gasteiger partial charge in [0.05, 0.1) is 17.0 Å². The summed E-state index contributed by atoms with van der Waals surface area (Å²) in [4.78, 5) is 6.69. The Morgan fingerprint density at radius 1 is 1.30 bits per heavy atom. The van der Waals surface area contributed by atoms with Crippen LogP contribution in [0.2, 0.25) is 0 Å². The van der Waals surface area contributed by atoms with Crippen LogP contribution in [0.1, 0.15) is 33.3 Å². The minimum absolute atomic E-state index is 0.0703. The Kier molecular flexibility index (Phi) is 5.34. The first-order valence-electron chi connectivity index (χ1n) is 8.12. The van der Waals surface area contributed by atoms with E-state index in [4.69, 9.17) is 0 Å². The molecule has 0 atom stereocenters. The summed E-state index contributed by atoms with van der Waals surface area (Å²) in [5, 5.41) is 3.27. The van der Waals surface area contributed by atoms with Crippen LogP contribution in [0.15, 0.2) is 29.3 Å². The first-order chi connectivity index (χ1) is 10.8. The standard InChI is InChI=1S/C17H27N3O2S/c1-5-18-16(19-11-13-23(21,22)17(2,3)4)20-12-10-14-8-6-7-9-15(14)20/h6-9H,5,10-13H2,1-4H3,(H,18,19). The van der Waals surface area contributed by atoms with E-state index in [9.17, 15) is 8.42 Å². The molecular formula is C17H27N3O2S. The summed E-state index contributed by atoms with van der Waals surface area (Å²) in [6.45, 7) is 9.11. The Morgan fingerprint density at radius 2 is 2.00 bits per heavy atom. The molecule has 1 aliphatic rings. The van der Waals surface area contributed by atoms with Crippen molar-refractivity contribution in [2.75, 3.05) is 30.3 Å². The number of hydrogen-bond donors (Lipinski definition) is 1. The smallest absolute Gasteiger partial charge is 0.198 e. The minimum Gasteiger partial charge on any atom is -0.356 e. The van der Waals surface area contributed by atoms with E-state index in [1.807, 2.05) is 19.1 Å². The second kappa shape index (κ2) is 6.91. The molecule has 5 nitrogen and oxygen atoms in total. The average Bonchev–Trinajstić information content (AvgIpc) is 2.89. The summed E-state index contributed by atoms with van der Waals surface area (Å²) in [6.07, 6.45) is 0.987. The van der Waals surface area contributed by atoms with Gasteiger partial charge in [-0.2, -0.15) is 0 Å². The fourth-order valence-electron chi connectivity index (χ4n) is 2.53. The van der Waals surface area contributed by atoms with E-state index in [1.54, 1.807) is 20.8 Å². The quantitative estimate of drug-likeness (QED) is 0.676. The lowest BCUT2D eigenvalue weighted by Crippen LogP contribution is -2.41. The third kappa shape index (κ3) is 4.05. The van der Waals surface area contributed by atoms with E-state index in [2.05, 4.69) is 27.3 Å². The normalized spacial score (nSPS) is 15.7. The van der Waals surface area contributed by atoms with Gasteiger partial charge >= 0.3 is 0 Å². The maximum atomic E-state index is 12.2. The largest absolute Gasteiger partial charge is 0.356 e. The molecule has 1 aromatic carbocycles. The highest BCUT2D eigenvalue weighted by Gasteiger charge is 2.28. The summed E-state index contributed by atoms with van der Waals surface area (Å²) >= 11 is 0. The lowest BCUT2D eigenvalue weighted by atomic mass is 10.2. The number of anilines is 1. The molecule has 2 rings (SSSR count). The summed E-state index contributed by atoms with van der Waals surface area (Å²) in [7, 11) is -3.15. The predicted octanol–water partition coefficient (Wildman–Crippen LogP) is 2.23. The van der Waals surface area contributed by atoms with E-state index >= 15 is 0 Å². The van der Waals surface area contributed by atoms with Crippen LogP contribution in [0.3, 0.4) is 0 Å². The molecule has 0 spiro atoms. The molecular weight excluding hydrogens is 310 g/mol. The lowest BCUT2D eigenvalue weighted by molar-refractivity contribution is 0.560. The first kappa shape index (κ1) is 17.8. The predicted molar refractivity (Wildman–Crippen MR) is 97.0 cm³/mol. The van der Waals surface area contributed by atoms with E-state index in [-0.39, 0.29) is 12.3 Å². The lowest BCUT2D eigenvalue weighted by Gasteiger charge is -2.23. The highest BCUT2D eigenvalue weighted by atomic mass is 32.2. The van der Waals surface area contributed by atoms with Gasteiger partial charge in [-0.05, 0) is 45.7 Å². The number of para-hydroxylation sites is 1. The monoisotopic (exact) mass is 337 g/mol. The maximum absolute atomic E-state index is 12.2. The molecule has 0 aromatic heterocycles. The molecule has 0 aliphatic carbocycles. The number of guanidine groups is 1. The van der Waals surface area contributed by atoms with Crippen molar-refractivity contribution in [2.45, 2.75) is 38.9 Å². The number of sulfone groups is 1. The number of aliphatic imine (C=N–C) groups is 1. The molecule has 1 heterocycles. The van der Waals surface area contributed by atoms with Gasteiger partial charge < -0.3 is 10.2 Å². The van der Waals surface area contributed by atoms with Crippen molar-refractivity contribution < 1.29 is 8.42 Å². The zero-order valence-corrected chi connectivity index (χ0v) is 15.3. The molecule has 1 aliphatic heterocycles. The van der Waals surface area contributed by atoms with Crippen molar-refractivity contribution in [3.63, 3.8) is 0 Å². The number of rotatable bonds is 4. The fraction of sp³-hybridized carbons (Fsp3) is 0.588. The van der Waals surface area contributed by atoms with Crippen LogP contribution in [-0.4, -0.2) is 44.5 Å². The van der Waals surface area contributed by atoms with Crippen LogP contribution < -0.4 is 10.2 Å². The summed E-state index contributed by atoms with van der Waals surface area (Å²) < 4.78 is 23.7. The molecule has 1 N–H and O–H groups in total. The topological polar surface area (TPSA) is 61.8 Å². The fourth-order valence-corrected chi connectivity index (χ4v) is 3.47. The number of nitrogens with zero attached hydrogens (tertiary/aromatic N) is 2. The molecule has 0 bridgehead atoms. The van der Waals surface area contributed by atoms with Crippen molar-refractivity contribution >= 4 is 21.5 Å². The van der Waals surface area contributed by atoms with Gasteiger partial charge in [0.15, 0.2) is 15.8 Å². The third-order valence-electron chi connectivity index (χ3n) is 4.03. The molecule has 0 amide bonds. The van der Waals surface area contributed by atoms with E-state index in [0.29, 0.717) is 0 Å². The molecule has 0 unspecified atom stereocenters. The van der Waals surface area contributed by atoms with E-state index in [0.717, 1.165) is 31.2 Å². The first-order valence-corrected chi connectivity index (χ1v) is 9.77. The van der Waals surface area contributed by atoms with Gasteiger partial charge in [0.25, 0.3) is 0 Å². The zero-order chi connectivity index (χ0) is 17.1. The molecule has 128 valence electrons. The van der Waals surface area contributed by atoms with Gasteiger partial charge in [0, 0.05) is 18.8 Å². The number of benzene rings is 1. The van der Waals surface area contributed by atoms with Gasteiger partial charge in [0.2, 0.25) is 0 Å². The van der Waals surface area contributed by atoms with Crippen LogP contribution in [0.4, 0.5) is 5.69 Å². The SMILES string of the molecule is CCNC(=NCCS(=O)(=O)C(C)(C)C)N1CCc2ccccc21. The van der Waals surface area contributed by atoms with Crippen molar-refractivity contribution in [3.8, 4) is 0 Å². The van der Waals surface area contributed by atoms with Gasteiger partial charge in [-0.1, -0.05) is 18.2 Å². The second-order valence-electron chi connectivity index (χ2n) is 6.70. The number of nitrogens with one attached hydrogen (secondary N) is 1. The molecule has 0 saturated heterocycles. The van der Waals surface area contributed by atoms with Gasteiger partial charge in [-0.25, -0.2) is 8.42 Å². The number of fused-ring (bicyclic) bond motifs is 1. The van der Waals surface area contributed by atoms with Crippen molar-refractivity contribution in [1.29, 1.82) is 0 Å². The number of hydrogen-bond acceptors (Lipinski definition) is 3. The molecule has 6 heteroatoms. The van der Waals surface area contributed by atoms with Gasteiger partial charge in [0.1, 0.15) is 0 Å². The average molecular weight is 337 g/mol. The molecule has 1 aromatic rings. The van der Waals surface area contributed by atoms with Crippen LogP contribution in [0.5, 0.6) is 0 Å². The highest BCUT2D eigenvalue weighted by Crippen LogP contribution is 2.27. The molecule has 0 saturated carbocycles. The van der Waals surface area contributed by atoms with Crippen molar-refractivity contribution in [3.05, 3.63) is 29.8 Å². The summed E-state index contributed by atoms with van der Waals surface area (Å²) in [6, 6.07) is 8.27. The third-order valence-corrected chi connectivity index (χ3v) is 6.62. The van der Waals surface area contributed by atoms with Crippen LogP contribution in [0.25, 0.3) is 0 Å². The zero-order valence-electron chi connectivity index (χ0n) is 14.5. The Bertz CT molecular complexity index is 675. The molecule has 0 radical (unpaired) electrons. The van der Waals surface area contributed by atoms with Crippen LogP contribution >= 0.6 is 0 Å². The minimum atomic E-state index is -3.15. The molecule has 0 fully saturated rings.